The second kappa shape index (κ2) is 5.32. The molecule has 0 atom stereocenters. The normalized spacial score (nSPS) is 10.6. The molecule has 0 aliphatic rings. The molecular formula is C17H14O4. The highest BCUT2D eigenvalue weighted by molar-refractivity contribution is 5.82. The highest BCUT2D eigenvalue weighted by Gasteiger charge is 2.11. The molecule has 2 aromatic carbocycles. The molecule has 0 bridgehead atoms. The van der Waals surface area contributed by atoms with Gasteiger partial charge in [0, 0.05) is 5.39 Å². The monoisotopic (exact) mass is 282 g/mol. The van der Waals surface area contributed by atoms with E-state index in [2.05, 4.69) is 0 Å². The Morgan fingerprint density at radius 1 is 0.905 bits per heavy atom. The molecule has 0 N–H and O–H groups in total. The lowest BCUT2D eigenvalue weighted by Gasteiger charge is -2.09. The summed E-state index contributed by atoms with van der Waals surface area (Å²) in [7, 11) is 3.13. The SMILES string of the molecule is COc1ccc(-c2cc3ccccc3oc2=O)cc1OC. The van der Waals surface area contributed by atoms with E-state index in [1.54, 1.807) is 32.4 Å². The van der Waals surface area contributed by atoms with Crippen molar-refractivity contribution >= 4 is 11.0 Å². The van der Waals surface area contributed by atoms with Crippen LogP contribution in [0.3, 0.4) is 0 Å². The minimum absolute atomic E-state index is 0.374. The number of ether oxygens (including phenoxy) is 2. The first-order valence-corrected chi connectivity index (χ1v) is 6.48. The van der Waals surface area contributed by atoms with Gasteiger partial charge in [0.05, 0.1) is 19.8 Å². The molecule has 0 aliphatic heterocycles. The third-order valence-electron chi connectivity index (χ3n) is 3.34. The molecule has 21 heavy (non-hydrogen) atoms. The Labute approximate surface area is 121 Å². The van der Waals surface area contributed by atoms with E-state index in [9.17, 15) is 4.79 Å². The summed E-state index contributed by atoms with van der Waals surface area (Å²) in [5, 5.41) is 0.877. The fourth-order valence-electron chi connectivity index (χ4n) is 2.27. The molecule has 0 fully saturated rings. The lowest BCUT2D eigenvalue weighted by molar-refractivity contribution is 0.355. The summed E-state index contributed by atoms with van der Waals surface area (Å²) in [4.78, 5) is 12.1. The van der Waals surface area contributed by atoms with Crippen molar-refractivity contribution in [2.75, 3.05) is 14.2 Å². The Bertz CT molecular complexity index is 849. The zero-order valence-corrected chi connectivity index (χ0v) is 11.8. The molecule has 4 heteroatoms. The molecule has 0 spiro atoms. The lowest BCUT2D eigenvalue weighted by Crippen LogP contribution is -2.03. The van der Waals surface area contributed by atoms with E-state index < -0.39 is 0 Å². The second-order valence-corrected chi connectivity index (χ2v) is 4.56. The Balaban J connectivity index is 2.20. The van der Waals surface area contributed by atoms with Gasteiger partial charge in [-0.15, -0.1) is 0 Å². The maximum atomic E-state index is 12.1. The zero-order chi connectivity index (χ0) is 14.8. The van der Waals surface area contributed by atoms with Crippen LogP contribution >= 0.6 is 0 Å². The molecule has 3 aromatic rings. The van der Waals surface area contributed by atoms with Crippen molar-refractivity contribution in [3.8, 4) is 22.6 Å². The van der Waals surface area contributed by atoms with Crippen molar-refractivity contribution in [1.29, 1.82) is 0 Å². The molecule has 0 unspecified atom stereocenters. The van der Waals surface area contributed by atoms with Crippen molar-refractivity contribution in [2.24, 2.45) is 0 Å². The maximum Gasteiger partial charge on any atom is 0.344 e. The summed E-state index contributed by atoms with van der Waals surface area (Å²) in [6, 6.07) is 14.6. The number of fused-ring (bicyclic) bond motifs is 1. The van der Waals surface area contributed by atoms with Gasteiger partial charge >= 0.3 is 5.63 Å². The van der Waals surface area contributed by atoms with Crippen LogP contribution in [-0.4, -0.2) is 14.2 Å². The van der Waals surface area contributed by atoms with Gasteiger partial charge < -0.3 is 13.9 Å². The molecule has 3 rings (SSSR count). The highest BCUT2D eigenvalue weighted by atomic mass is 16.5. The van der Waals surface area contributed by atoms with E-state index in [1.165, 1.54) is 0 Å². The fourth-order valence-corrected chi connectivity index (χ4v) is 2.27. The number of hydrogen-bond acceptors (Lipinski definition) is 4. The van der Waals surface area contributed by atoms with Crippen molar-refractivity contribution in [2.45, 2.75) is 0 Å². The minimum atomic E-state index is -0.374. The van der Waals surface area contributed by atoms with Gasteiger partial charge in [-0.25, -0.2) is 4.79 Å². The average molecular weight is 282 g/mol. The number of benzene rings is 2. The van der Waals surface area contributed by atoms with Gasteiger partial charge in [-0.05, 0) is 29.8 Å². The summed E-state index contributed by atoms with van der Waals surface area (Å²) in [5.74, 6) is 1.19. The first-order valence-electron chi connectivity index (χ1n) is 6.48. The van der Waals surface area contributed by atoms with Gasteiger partial charge in [0.15, 0.2) is 11.5 Å². The summed E-state index contributed by atoms with van der Waals surface area (Å²) in [5.41, 5.74) is 1.43. The van der Waals surface area contributed by atoms with Gasteiger partial charge in [-0.1, -0.05) is 24.3 Å². The third kappa shape index (κ3) is 2.36. The zero-order valence-electron chi connectivity index (χ0n) is 11.8. The maximum absolute atomic E-state index is 12.1. The highest BCUT2D eigenvalue weighted by Crippen LogP contribution is 2.31. The van der Waals surface area contributed by atoms with Crippen LogP contribution in [0.4, 0.5) is 0 Å². The summed E-state index contributed by atoms with van der Waals surface area (Å²) < 4.78 is 15.8. The van der Waals surface area contributed by atoms with Crippen LogP contribution in [0.2, 0.25) is 0 Å². The molecule has 0 saturated heterocycles. The molecule has 0 aliphatic carbocycles. The van der Waals surface area contributed by atoms with Gasteiger partial charge in [-0.2, -0.15) is 0 Å². The first-order chi connectivity index (χ1) is 10.2. The molecule has 0 amide bonds. The van der Waals surface area contributed by atoms with Crippen LogP contribution in [0.25, 0.3) is 22.1 Å². The van der Waals surface area contributed by atoms with E-state index in [0.29, 0.717) is 22.6 Å². The number of para-hydroxylation sites is 1. The topological polar surface area (TPSA) is 48.7 Å². The molecule has 106 valence electrons. The van der Waals surface area contributed by atoms with Crippen molar-refractivity contribution in [3.63, 3.8) is 0 Å². The lowest BCUT2D eigenvalue weighted by atomic mass is 10.1. The Morgan fingerprint density at radius 2 is 1.67 bits per heavy atom. The van der Waals surface area contributed by atoms with Gasteiger partial charge in [0.1, 0.15) is 5.58 Å². The van der Waals surface area contributed by atoms with Crippen LogP contribution in [0.15, 0.2) is 57.7 Å². The van der Waals surface area contributed by atoms with Gasteiger partial charge in [0.25, 0.3) is 0 Å². The standard InChI is InChI=1S/C17H14O4/c1-19-15-8-7-11(10-16(15)20-2)13-9-12-5-3-4-6-14(12)21-17(13)18/h3-10H,1-2H3. The fraction of sp³-hybridized carbons (Fsp3) is 0.118. The van der Waals surface area contributed by atoms with Gasteiger partial charge in [-0.3, -0.25) is 0 Å². The minimum Gasteiger partial charge on any atom is -0.493 e. The van der Waals surface area contributed by atoms with E-state index in [0.717, 1.165) is 10.9 Å². The van der Waals surface area contributed by atoms with Crippen LogP contribution in [-0.2, 0) is 0 Å². The van der Waals surface area contributed by atoms with Crippen molar-refractivity contribution in [1.82, 2.24) is 0 Å². The summed E-state index contributed by atoms with van der Waals surface area (Å²) in [6.45, 7) is 0. The predicted octanol–water partition coefficient (Wildman–Crippen LogP) is 3.48. The molecule has 0 saturated carbocycles. The molecule has 0 radical (unpaired) electrons. The quantitative estimate of drug-likeness (QED) is 0.690. The molecule has 1 heterocycles. The van der Waals surface area contributed by atoms with Crippen molar-refractivity contribution in [3.05, 3.63) is 59.0 Å². The van der Waals surface area contributed by atoms with E-state index in [1.807, 2.05) is 30.3 Å². The van der Waals surface area contributed by atoms with E-state index in [4.69, 9.17) is 13.9 Å². The average Bonchev–Trinajstić information content (AvgIpc) is 2.53. The van der Waals surface area contributed by atoms with Crippen molar-refractivity contribution < 1.29 is 13.9 Å². The smallest absolute Gasteiger partial charge is 0.344 e. The van der Waals surface area contributed by atoms with Crippen LogP contribution < -0.4 is 15.1 Å². The van der Waals surface area contributed by atoms with Crippen LogP contribution in [0.5, 0.6) is 11.5 Å². The Hall–Kier alpha value is -2.75. The molecule has 1 aromatic heterocycles. The van der Waals surface area contributed by atoms with Crippen LogP contribution in [0.1, 0.15) is 0 Å². The van der Waals surface area contributed by atoms with Crippen LogP contribution in [0, 0.1) is 0 Å². The van der Waals surface area contributed by atoms with E-state index >= 15 is 0 Å². The number of hydrogen-bond donors (Lipinski definition) is 0. The number of methoxy groups -OCH3 is 2. The Kier molecular flexibility index (Phi) is 3.36. The summed E-state index contributed by atoms with van der Waals surface area (Å²) in [6.07, 6.45) is 0. The Morgan fingerprint density at radius 3 is 2.43 bits per heavy atom. The molecular weight excluding hydrogens is 268 g/mol. The third-order valence-corrected chi connectivity index (χ3v) is 3.34. The first kappa shape index (κ1) is 13.2. The summed E-state index contributed by atoms with van der Waals surface area (Å²) >= 11 is 0. The van der Waals surface area contributed by atoms with E-state index in [-0.39, 0.29) is 5.63 Å². The predicted molar refractivity (Wildman–Crippen MR) is 81.0 cm³/mol. The number of rotatable bonds is 3. The second-order valence-electron chi connectivity index (χ2n) is 4.56. The largest absolute Gasteiger partial charge is 0.493 e. The van der Waals surface area contributed by atoms with Gasteiger partial charge in [0.2, 0.25) is 0 Å². The molecule has 4 nitrogen and oxygen atoms in total.